The van der Waals surface area contributed by atoms with E-state index >= 15 is 0 Å². The van der Waals surface area contributed by atoms with Gasteiger partial charge in [-0.1, -0.05) is 13.3 Å². The smallest absolute Gasteiger partial charge is 0.335 e. The van der Waals surface area contributed by atoms with Crippen LogP contribution in [0.15, 0.2) is 35.4 Å². The number of ether oxygens (including phenoxy) is 1. The molecule has 0 saturated heterocycles. The Hall–Kier alpha value is -2.21. The van der Waals surface area contributed by atoms with Crippen molar-refractivity contribution in [3.05, 3.63) is 41.7 Å². The Labute approximate surface area is 146 Å². The molecule has 0 atom stereocenters. The van der Waals surface area contributed by atoms with Gasteiger partial charge in [-0.2, -0.15) is 0 Å². The molecule has 5 nitrogen and oxygen atoms in total. The molecule has 1 heterocycles. The predicted molar refractivity (Wildman–Crippen MR) is 97.6 cm³/mol. The largest absolute Gasteiger partial charge is 0.478 e. The molecule has 0 amide bonds. The quantitative estimate of drug-likeness (QED) is 0.528. The molecular weight excluding hydrogens is 324 g/mol. The molecule has 1 aromatic carbocycles. The fraction of sp³-hybridized carbons (Fsp3) is 0.333. The first kappa shape index (κ1) is 18.1. The predicted octanol–water partition coefficient (Wildman–Crippen LogP) is 4.81. The Morgan fingerprint density at radius 2 is 2.17 bits per heavy atom. The van der Waals surface area contributed by atoms with Crippen molar-refractivity contribution >= 4 is 23.4 Å². The minimum atomic E-state index is -0.951. The zero-order chi connectivity index (χ0) is 17.5. The van der Waals surface area contributed by atoms with Crippen LogP contribution >= 0.6 is 11.8 Å². The van der Waals surface area contributed by atoms with E-state index in [2.05, 4.69) is 17.2 Å². The zero-order valence-electron chi connectivity index (χ0n) is 14.1. The molecular formula is C18H22N2O3S. The highest BCUT2D eigenvalue weighted by Gasteiger charge is 2.16. The van der Waals surface area contributed by atoms with Gasteiger partial charge in [0.25, 0.3) is 0 Å². The van der Waals surface area contributed by atoms with Crippen molar-refractivity contribution in [2.45, 2.75) is 31.6 Å². The van der Waals surface area contributed by atoms with Gasteiger partial charge >= 0.3 is 5.97 Å². The van der Waals surface area contributed by atoms with E-state index in [0.717, 1.165) is 30.0 Å². The molecule has 2 N–H and O–H groups in total. The molecule has 128 valence electrons. The summed E-state index contributed by atoms with van der Waals surface area (Å²) in [6.07, 6.45) is 5.62. The summed E-state index contributed by atoms with van der Waals surface area (Å²) in [7, 11) is 0. The molecule has 0 aliphatic rings. The van der Waals surface area contributed by atoms with Crippen LogP contribution in [0.25, 0.3) is 0 Å². The van der Waals surface area contributed by atoms with E-state index in [9.17, 15) is 9.90 Å². The van der Waals surface area contributed by atoms with E-state index in [1.54, 1.807) is 18.3 Å². The van der Waals surface area contributed by atoms with Crippen molar-refractivity contribution in [2.24, 2.45) is 0 Å². The molecule has 2 rings (SSSR count). The number of nitrogens with one attached hydrogen (secondary N) is 1. The maximum Gasteiger partial charge on any atom is 0.335 e. The van der Waals surface area contributed by atoms with Gasteiger partial charge < -0.3 is 15.2 Å². The zero-order valence-corrected chi connectivity index (χ0v) is 14.9. The number of hydrogen-bond donors (Lipinski definition) is 2. The lowest BCUT2D eigenvalue weighted by Crippen LogP contribution is -2.06. The Morgan fingerprint density at radius 1 is 1.38 bits per heavy atom. The number of rotatable bonds is 8. The van der Waals surface area contributed by atoms with E-state index < -0.39 is 5.97 Å². The second kappa shape index (κ2) is 8.59. The number of benzene rings is 1. The normalized spacial score (nSPS) is 10.5. The molecule has 2 aromatic rings. The van der Waals surface area contributed by atoms with Gasteiger partial charge in [0.1, 0.15) is 5.75 Å². The van der Waals surface area contributed by atoms with E-state index in [1.165, 1.54) is 11.8 Å². The lowest BCUT2D eigenvalue weighted by atomic mass is 10.1. The lowest BCUT2D eigenvalue weighted by molar-refractivity contribution is 0.0696. The first-order valence-electron chi connectivity index (χ1n) is 7.84. The molecule has 0 aliphatic carbocycles. The van der Waals surface area contributed by atoms with Gasteiger partial charge in [0.05, 0.1) is 22.3 Å². The molecule has 0 aliphatic heterocycles. The summed E-state index contributed by atoms with van der Waals surface area (Å²) in [5.74, 6) is 0.305. The number of aromatic carboxylic acids is 1. The van der Waals surface area contributed by atoms with Gasteiger partial charge in [-0.05, 0) is 43.9 Å². The second-order valence-corrected chi connectivity index (χ2v) is 6.23. The Morgan fingerprint density at radius 3 is 2.75 bits per heavy atom. The average Bonchev–Trinajstić information content (AvgIpc) is 2.57. The van der Waals surface area contributed by atoms with Crippen molar-refractivity contribution in [1.29, 1.82) is 0 Å². The van der Waals surface area contributed by atoms with Crippen molar-refractivity contribution in [3.8, 4) is 11.5 Å². The summed E-state index contributed by atoms with van der Waals surface area (Å²) >= 11 is 1.45. The van der Waals surface area contributed by atoms with E-state index in [1.807, 2.05) is 25.3 Å². The number of pyridine rings is 1. The van der Waals surface area contributed by atoms with Gasteiger partial charge in [-0.15, -0.1) is 11.8 Å². The highest BCUT2D eigenvalue weighted by atomic mass is 32.2. The molecule has 24 heavy (non-hydrogen) atoms. The molecule has 1 aromatic heterocycles. The number of aromatic nitrogens is 1. The van der Waals surface area contributed by atoms with E-state index in [-0.39, 0.29) is 5.56 Å². The number of hydrogen-bond acceptors (Lipinski definition) is 5. The van der Waals surface area contributed by atoms with Crippen LogP contribution in [0.1, 0.15) is 35.8 Å². The third kappa shape index (κ3) is 4.64. The van der Waals surface area contributed by atoms with Crippen molar-refractivity contribution in [1.82, 2.24) is 4.98 Å². The van der Waals surface area contributed by atoms with Gasteiger partial charge in [0.2, 0.25) is 0 Å². The number of nitrogens with zero attached hydrogens (tertiary/aromatic N) is 1. The fourth-order valence-corrected chi connectivity index (χ4v) is 2.73. The summed E-state index contributed by atoms with van der Waals surface area (Å²) in [4.78, 5) is 16.4. The second-order valence-electron chi connectivity index (χ2n) is 5.38. The van der Waals surface area contributed by atoms with Crippen LogP contribution in [0, 0.1) is 6.92 Å². The van der Waals surface area contributed by atoms with Crippen LogP contribution < -0.4 is 10.1 Å². The highest BCUT2D eigenvalue weighted by Crippen LogP contribution is 2.39. The van der Waals surface area contributed by atoms with Crippen molar-refractivity contribution in [3.63, 3.8) is 0 Å². The summed E-state index contributed by atoms with van der Waals surface area (Å²) in [6, 6.07) is 6.99. The summed E-state index contributed by atoms with van der Waals surface area (Å²) in [5, 5.41) is 12.6. The number of carbonyl (C=O) groups is 1. The third-order valence-electron chi connectivity index (χ3n) is 3.47. The van der Waals surface area contributed by atoms with E-state index in [0.29, 0.717) is 17.2 Å². The molecule has 0 bridgehead atoms. The maximum absolute atomic E-state index is 11.4. The third-order valence-corrected chi connectivity index (χ3v) is 4.21. The summed E-state index contributed by atoms with van der Waals surface area (Å²) in [6.45, 7) is 4.78. The van der Waals surface area contributed by atoms with Crippen molar-refractivity contribution < 1.29 is 14.6 Å². The maximum atomic E-state index is 11.4. The number of carboxylic acid groups (broad SMARTS) is 1. The first-order chi connectivity index (χ1) is 11.5. The average molecular weight is 346 g/mol. The van der Waals surface area contributed by atoms with Crippen LogP contribution in [0.3, 0.4) is 0 Å². The number of aryl methyl sites for hydroxylation is 1. The van der Waals surface area contributed by atoms with Crippen LogP contribution in [-0.2, 0) is 0 Å². The first-order valence-corrected chi connectivity index (χ1v) is 9.07. The number of unbranched alkanes of at least 4 members (excludes halogenated alkanes) is 1. The molecule has 0 unspecified atom stereocenters. The van der Waals surface area contributed by atoms with Crippen molar-refractivity contribution in [2.75, 3.05) is 18.1 Å². The Kier molecular flexibility index (Phi) is 6.49. The SMILES string of the molecule is CCCCNc1cc(C(=O)O)cc(SC)c1Oc1ccc(C)nc1. The molecule has 0 saturated carbocycles. The Balaban J connectivity index is 2.40. The highest BCUT2D eigenvalue weighted by molar-refractivity contribution is 7.98. The van der Waals surface area contributed by atoms with Gasteiger partial charge in [0, 0.05) is 12.2 Å². The summed E-state index contributed by atoms with van der Waals surface area (Å²) < 4.78 is 6.01. The molecule has 0 fully saturated rings. The minimum Gasteiger partial charge on any atom is -0.478 e. The fourth-order valence-electron chi connectivity index (χ4n) is 2.15. The van der Waals surface area contributed by atoms with Gasteiger partial charge in [-0.3, -0.25) is 4.98 Å². The number of carboxylic acids is 1. The van der Waals surface area contributed by atoms with E-state index in [4.69, 9.17) is 4.74 Å². The number of anilines is 1. The van der Waals surface area contributed by atoms with Crippen LogP contribution in [-0.4, -0.2) is 28.9 Å². The van der Waals surface area contributed by atoms with Gasteiger partial charge in [-0.25, -0.2) is 4.79 Å². The monoisotopic (exact) mass is 346 g/mol. The Bertz CT molecular complexity index is 702. The van der Waals surface area contributed by atoms with Crippen LogP contribution in [0.5, 0.6) is 11.5 Å². The van der Waals surface area contributed by atoms with Crippen LogP contribution in [0.4, 0.5) is 5.69 Å². The molecule has 0 radical (unpaired) electrons. The minimum absolute atomic E-state index is 0.243. The van der Waals surface area contributed by atoms with Crippen LogP contribution in [0.2, 0.25) is 0 Å². The molecule has 0 spiro atoms. The summed E-state index contributed by atoms with van der Waals surface area (Å²) in [5.41, 5.74) is 1.84. The molecule has 6 heteroatoms. The topological polar surface area (TPSA) is 71.5 Å². The lowest BCUT2D eigenvalue weighted by Gasteiger charge is -2.17. The number of thioether (sulfide) groups is 1. The standard InChI is InChI=1S/C18H22N2O3S/c1-4-5-8-19-15-9-13(18(21)22)10-16(24-3)17(15)23-14-7-6-12(2)20-11-14/h6-7,9-11,19H,4-5,8H2,1-3H3,(H,21,22). The van der Waals surface area contributed by atoms with Gasteiger partial charge in [0.15, 0.2) is 5.75 Å².